The third kappa shape index (κ3) is 5.45. The number of hydrogen-bond donors (Lipinski definition) is 1. The van der Waals surface area contributed by atoms with Crippen molar-refractivity contribution in [3.63, 3.8) is 0 Å². The number of aliphatic hydroxyl groups is 1. The van der Waals surface area contributed by atoms with Gasteiger partial charge in [0.2, 0.25) is 0 Å². The number of hydrogen-bond acceptors (Lipinski definition) is 5. The van der Waals surface area contributed by atoms with Gasteiger partial charge in [-0.2, -0.15) is 5.26 Å². The number of nitriles is 1. The van der Waals surface area contributed by atoms with Crippen LogP contribution in [0.5, 0.6) is 5.75 Å². The van der Waals surface area contributed by atoms with Crippen LogP contribution in [0.3, 0.4) is 0 Å². The van der Waals surface area contributed by atoms with E-state index in [9.17, 15) is 5.11 Å². The Morgan fingerprint density at radius 1 is 1.37 bits per heavy atom. The summed E-state index contributed by atoms with van der Waals surface area (Å²) in [5.41, 5.74) is 0.261. The second-order valence-electron chi connectivity index (χ2n) is 3.76. The lowest BCUT2D eigenvalue weighted by molar-refractivity contribution is -0.00422. The van der Waals surface area contributed by atoms with Crippen molar-refractivity contribution < 1.29 is 19.3 Å². The lowest BCUT2D eigenvalue weighted by Gasteiger charge is -2.13. The van der Waals surface area contributed by atoms with E-state index in [-0.39, 0.29) is 18.8 Å². The predicted molar refractivity (Wildman–Crippen MR) is 70.4 cm³/mol. The summed E-state index contributed by atoms with van der Waals surface area (Å²) in [5.74, 6) is 0.353. The van der Waals surface area contributed by atoms with Crippen molar-refractivity contribution in [2.45, 2.75) is 6.10 Å². The molecule has 5 nitrogen and oxygen atoms in total. The number of benzene rings is 1. The molecule has 0 radical (unpaired) electrons. The highest BCUT2D eigenvalue weighted by atomic mass is 35.5. The molecular weight excluding hydrogens is 270 g/mol. The van der Waals surface area contributed by atoms with Crippen molar-refractivity contribution in [1.82, 2.24) is 0 Å². The molecule has 0 aliphatic rings. The van der Waals surface area contributed by atoms with E-state index < -0.39 is 6.10 Å². The minimum Gasteiger partial charge on any atom is -0.489 e. The molecule has 0 fully saturated rings. The van der Waals surface area contributed by atoms with Gasteiger partial charge >= 0.3 is 0 Å². The molecule has 104 valence electrons. The highest BCUT2D eigenvalue weighted by molar-refractivity contribution is 6.31. The average molecular weight is 286 g/mol. The minimum atomic E-state index is -0.776. The van der Waals surface area contributed by atoms with Crippen LogP contribution in [0.25, 0.3) is 0 Å². The van der Waals surface area contributed by atoms with Gasteiger partial charge in [-0.15, -0.1) is 0 Å². The summed E-state index contributed by atoms with van der Waals surface area (Å²) in [5, 5.41) is 18.9. The van der Waals surface area contributed by atoms with Crippen LogP contribution in [0.2, 0.25) is 5.02 Å². The number of aliphatic hydroxyl groups excluding tert-OH is 1. The first-order chi connectivity index (χ1) is 9.19. The van der Waals surface area contributed by atoms with E-state index in [1.807, 2.05) is 6.07 Å². The largest absolute Gasteiger partial charge is 0.489 e. The van der Waals surface area contributed by atoms with E-state index in [4.69, 9.17) is 31.1 Å². The van der Waals surface area contributed by atoms with Crippen molar-refractivity contribution in [3.05, 3.63) is 28.8 Å². The number of methoxy groups -OCH3 is 1. The molecule has 1 N–H and O–H groups in total. The second kappa shape index (κ2) is 8.73. The third-order valence-corrected chi connectivity index (χ3v) is 2.58. The van der Waals surface area contributed by atoms with E-state index in [1.54, 1.807) is 25.3 Å². The molecule has 0 spiro atoms. The van der Waals surface area contributed by atoms with Crippen LogP contribution in [0.4, 0.5) is 0 Å². The molecule has 0 saturated carbocycles. The van der Waals surface area contributed by atoms with Crippen molar-refractivity contribution in [3.8, 4) is 11.8 Å². The maximum atomic E-state index is 9.64. The molecule has 1 atom stereocenters. The summed E-state index contributed by atoms with van der Waals surface area (Å²) in [6, 6.07) is 6.88. The third-order valence-electron chi connectivity index (χ3n) is 2.26. The van der Waals surface area contributed by atoms with Gasteiger partial charge in [-0.05, 0) is 12.1 Å². The fraction of sp³-hybridized carbons (Fsp3) is 0.462. The summed E-state index contributed by atoms with van der Waals surface area (Å²) in [4.78, 5) is 0. The molecule has 0 heterocycles. The summed E-state index contributed by atoms with van der Waals surface area (Å²) in [6.07, 6.45) is -0.776. The number of ether oxygens (including phenoxy) is 3. The van der Waals surface area contributed by atoms with Gasteiger partial charge in [0.15, 0.2) is 0 Å². The average Bonchev–Trinajstić information content (AvgIpc) is 2.41. The van der Waals surface area contributed by atoms with Crippen molar-refractivity contribution in [1.29, 1.82) is 5.26 Å². The molecule has 19 heavy (non-hydrogen) atoms. The van der Waals surface area contributed by atoms with Crippen molar-refractivity contribution in [2.75, 3.05) is 33.5 Å². The first-order valence-corrected chi connectivity index (χ1v) is 6.13. The Morgan fingerprint density at radius 2 is 2.16 bits per heavy atom. The maximum absolute atomic E-state index is 9.64. The zero-order valence-electron chi connectivity index (χ0n) is 10.6. The van der Waals surface area contributed by atoms with Gasteiger partial charge < -0.3 is 19.3 Å². The van der Waals surface area contributed by atoms with Gasteiger partial charge in [0.25, 0.3) is 0 Å². The Hall–Kier alpha value is -1.32. The zero-order valence-corrected chi connectivity index (χ0v) is 11.4. The predicted octanol–water partition coefficient (Wildman–Crippen LogP) is 1.61. The lowest BCUT2D eigenvalue weighted by Crippen LogP contribution is -2.24. The quantitative estimate of drug-likeness (QED) is 0.735. The molecule has 1 unspecified atom stereocenters. The second-order valence-corrected chi connectivity index (χ2v) is 4.16. The Kier molecular flexibility index (Phi) is 7.23. The summed E-state index contributed by atoms with van der Waals surface area (Å²) < 4.78 is 15.3. The molecule has 1 aromatic rings. The minimum absolute atomic E-state index is 0.0298. The highest BCUT2D eigenvalue weighted by Gasteiger charge is 2.10. The molecule has 0 saturated heterocycles. The fourth-order valence-electron chi connectivity index (χ4n) is 1.33. The summed E-state index contributed by atoms with van der Waals surface area (Å²) in [7, 11) is 1.57. The molecule has 0 aliphatic heterocycles. The van der Waals surface area contributed by atoms with Gasteiger partial charge in [0, 0.05) is 7.11 Å². The molecule has 6 heteroatoms. The van der Waals surface area contributed by atoms with Crippen molar-refractivity contribution in [2.24, 2.45) is 0 Å². The van der Waals surface area contributed by atoms with E-state index >= 15 is 0 Å². The summed E-state index contributed by atoms with van der Waals surface area (Å²) >= 11 is 5.86. The lowest BCUT2D eigenvalue weighted by atomic mass is 10.2. The SMILES string of the molecule is COCCOCC(O)COc1cccc(Cl)c1C#N. The van der Waals surface area contributed by atoms with Crippen LogP contribution in [0, 0.1) is 11.3 Å². The first kappa shape index (κ1) is 15.7. The van der Waals surface area contributed by atoms with E-state index in [1.165, 1.54) is 0 Å². The standard InChI is InChI=1S/C13H16ClNO4/c1-17-5-6-18-8-10(16)9-19-13-4-2-3-12(14)11(13)7-15/h2-4,10,16H,5-6,8-9H2,1H3. The van der Waals surface area contributed by atoms with Crippen LogP contribution in [-0.2, 0) is 9.47 Å². The monoisotopic (exact) mass is 285 g/mol. The molecule has 0 aliphatic carbocycles. The Morgan fingerprint density at radius 3 is 2.84 bits per heavy atom. The van der Waals surface area contributed by atoms with Crippen LogP contribution in [0.1, 0.15) is 5.56 Å². The maximum Gasteiger partial charge on any atom is 0.138 e. The van der Waals surface area contributed by atoms with Crippen LogP contribution in [0.15, 0.2) is 18.2 Å². The molecule has 0 amide bonds. The molecule has 1 aromatic carbocycles. The van der Waals surface area contributed by atoms with Gasteiger partial charge in [-0.1, -0.05) is 17.7 Å². The van der Waals surface area contributed by atoms with Crippen LogP contribution < -0.4 is 4.74 Å². The Balaban J connectivity index is 2.40. The fourth-order valence-corrected chi connectivity index (χ4v) is 1.54. The molecular formula is C13H16ClNO4. The van der Waals surface area contributed by atoms with Gasteiger partial charge in [0.1, 0.15) is 30.1 Å². The van der Waals surface area contributed by atoms with Gasteiger partial charge in [-0.25, -0.2) is 0 Å². The van der Waals surface area contributed by atoms with Crippen LogP contribution >= 0.6 is 11.6 Å². The first-order valence-electron chi connectivity index (χ1n) is 5.75. The zero-order chi connectivity index (χ0) is 14.1. The van der Waals surface area contributed by atoms with E-state index in [0.29, 0.717) is 24.0 Å². The molecule has 0 bridgehead atoms. The smallest absolute Gasteiger partial charge is 0.138 e. The number of nitrogens with zero attached hydrogens (tertiary/aromatic N) is 1. The topological polar surface area (TPSA) is 71.7 Å². The Bertz CT molecular complexity index is 433. The van der Waals surface area contributed by atoms with Gasteiger partial charge in [0.05, 0.1) is 24.8 Å². The normalized spacial score (nSPS) is 11.9. The number of halogens is 1. The van der Waals surface area contributed by atoms with E-state index in [2.05, 4.69) is 0 Å². The molecule has 0 aromatic heterocycles. The van der Waals surface area contributed by atoms with Crippen LogP contribution in [-0.4, -0.2) is 44.7 Å². The highest BCUT2D eigenvalue weighted by Crippen LogP contribution is 2.25. The van der Waals surface area contributed by atoms with E-state index in [0.717, 1.165) is 0 Å². The Labute approximate surface area is 117 Å². The van der Waals surface area contributed by atoms with Crippen molar-refractivity contribution >= 4 is 11.6 Å². The van der Waals surface area contributed by atoms with Gasteiger partial charge in [-0.3, -0.25) is 0 Å². The number of rotatable bonds is 8. The molecule has 1 rings (SSSR count). The summed E-state index contributed by atoms with van der Waals surface area (Å²) in [6.45, 7) is 1.06.